The van der Waals surface area contributed by atoms with Crippen molar-refractivity contribution in [3.8, 4) is 0 Å². The van der Waals surface area contributed by atoms with Gasteiger partial charge in [-0.15, -0.1) is 0 Å². The van der Waals surface area contributed by atoms with Crippen LogP contribution in [0.2, 0.25) is 0 Å². The van der Waals surface area contributed by atoms with E-state index in [1.54, 1.807) is 6.08 Å². The van der Waals surface area contributed by atoms with E-state index >= 15 is 0 Å². The van der Waals surface area contributed by atoms with Gasteiger partial charge in [0.1, 0.15) is 48.8 Å². The minimum absolute atomic E-state index is 0.259. The molecule has 2 saturated heterocycles. The van der Waals surface area contributed by atoms with Crippen molar-refractivity contribution in [1.29, 1.82) is 0 Å². The van der Waals surface area contributed by atoms with E-state index in [2.05, 4.69) is 55.6 Å². The van der Waals surface area contributed by atoms with Gasteiger partial charge in [0.25, 0.3) is 0 Å². The second-order valence-corrected chi connectivity index (χ2v) is 21.5. The maximum Gasteiger partial charge on any atom is 0.220 e. The summed E-state index contributed by atoms with van der Waals surface area (Å²) in [5.74, 6) is -0.263. The van der Waals surface area contributed by atoms with Crippen LogP contribution in [0.15, 0.2) is 48.6 Å². The highest BCUT2D eigenvalue weighted by atomic mass is 16.7. The molecule has 12 atom stereocenters. The van der Waals surface area contributed by atoms with Gasteiger partial charge in [0, 0.05) is 6.42 Å². The number of hydrogen-bond acceptors (Lipinski definition) is 13. The van der Waals surface area contributed by atoms with Gasteiger partial charge in [-0.2, -0.15) is 0 Å². The summed E-state index contributed by atoms with van der Waals surface area (Å²) in [4.78, 5) is 13.2. The molecule has 0 saturated carbocycles. The smallest absolute Gasteiger partial charge is 0.220 e. The Bertz CT molecular complexity index is 1440. The lowest BCUT2D eigenvalue weighted by molar-refractivity contribution is -0.359. The van der Waals surface area contributed by atoms with Crippen molar-refractivity contribution >= 4 is 5.91 Å². The van der Waals surface area contributed by atoms with E-state index in [1.807, 2.05) is 6.08 Å². The summed E-state index contributed by atoms with van der Waals surface area (Å²) in [5.41, 5.74) is 0. The molecular weight excluding hydrogens is 955 g/mol. The van der Waals surface area contributed by atoms with Crippen LogP contribution in [0.4, 0.5) is 0 Å². The Morgan fingerprint density at radius 3 is 1.32 bits per heavy atom. The monoisotopic (exact) mass is 1070 g/mol. The second-order valence-electron chi connectivity index (χ2n) is 21.5. The standard InChI is InChI=1S/C61H111NO13/c1-3-5-7-9-11-13-15-17-18-19-20-21-22-23-24-25-26-27-28-29-30-31-33-34-36-38-40-42-44-50(65)49(62-53(66)45-43-41-39-37-35-32-16-14-12-10-8-6-4-2)48-72-60-58(71)56(69)59(52(47-64)74-60)75-61-57(70)55(68)54(67)51(46-63)73-61/h14,16,29-30,34,36,42,44,49-52,54-61,63-65,67-71H,3-13,15,17-28,31-33,35,37-41,43,45-48H2,1-2H3,(H,62,66)/b16-14-,30-29+,36-34+,44-42+. The molecule has 2 heterocycles. The first-order valence-corrected chi connectivity index (χ1v) is 30.4. The van der Waals surface area contributed by atoms with Gasteiger partial charge in [0.05, 0.1) is 32.0 Å². The SMILES string of the molecule is CCCCCC/C=C\CCCCCCCC(=O)NC(COC1OC(CO)C(OC2OC(CO)C(O)C(O)C2O)C(O)C1O)C(O)/C=C/CC/C=C/CC/C=C/CCCCCCCCCCCCCCCCCCCC. The number of rotatable bonds is 48. The number of aliphatic hydroxyl groups is 8. The van der Waals surface area contributed by atoms with Crippen LogP contribution < -0.4 is 5.32 Å². The minimum Gasteiger partial charge on any atom is -0.394 e. The Morgan fingerprint density at radius 2 is 0.853 bits per heavy atom. The molecule has 1 amide bonds. The molecule has 9 N–H and O–H groups in total. The number of aliphatic hydroxyl groups excluding tert-OH is 8. The first-order chi connectivity index (χ1) is 36.6. The van der Waals surface area contributed by atoms with Gasteiger partial charge in [0.2, 0.25) is 5.91 Å². The van der Waals surface area contributed by atoms with Gasteiger partial charge in [-0.25, -0.2) is 0 Å². The number of unbranched alkanes of at least 4 members (excludes halogenated alkanes) is 29. The van der Waals surface area contributed by atoms with Crippen molar-refractivity contribution in [3.05, 3.63) is 48.6 Å². The van der Waals surface area contributed by atoms with Crippen LogP contribution in [0, 0.1) is 0 Å². The Labute approximate surface area is 454 Å². The topological polar surface area (TPSA) is 228 Å². The summed E-state index contributed by atoms with van der Waals surface area (Å²) in [6, 6.07) is -0.942. The fourth-order valence-corrected chi connectivity index (χ4v) is 9.79. The van der Waals surface area contributed by atoms with Crippen LogP contribution in [0.1, 0.15) is 239 Å². The van der Waals surface area contributed by atoms with E-state index in [0.29, 0.717) is 12.8 Å². The van der Waals surface area contributed by atoms with Crippen molar-refractivity contribution in [2.45, 2.75) is 312 Å². The van der Waals surface area contributed by atoms with Gasteiger partial charge in [0.15, 0.2) is 12.6 Å². The van der Waals surface area contributed by atoms with Gasteiger partial charge in [-0.05, 0) is 70.6 Å². The largest absolute Gasteiger partial charge is 0.394 e. The summed E-state index contributed by atoms with van der Waals surface area (Å²) in [5, 5.41) is 87.0. The average Bonchev–Trinajstić information content (AvgIpc) is 3.41. The normalized spacial score (nSPS) is 25.4. The van der Waals surface area contributed by atoms with Crippen molar-refractivity contribution in [2.75, 3.05) is 19.8 Å². The summed E-state index contributed by atoms with van der Waals surface area (Å²) >= 11 is 0. The third-order valence-corrected chi connectivity index (χ3v) is 14.7. The first kappa shape index (κ1) is 69.1. The fourth-order valence-electron chi connectivity index (χ4n) is 9.79. The summed E-state index contributed by atoms with van der Waals surface area (Å²) in [6.45, 7) is 2.75. The molecule has 0 aromatic rings. The first-order valence-electron chi connectivity index (χ1n) is 30.4. The molecular formula is C61H111NO13. The zero-order valence-electron chi connectivity index (χ0n) is 47.0. The molecule has 2 aliphatic rings. The lowest BCUT2D eigenvalue weighted by Gasteiger charge is -2.46. The molecule has 2 fully saturated rings. The Morgan fingerprint density at radius 1 is 0.467 bits per heavy atom. The quantitative estimate of drug-likeness (QED) is 0.0204. The van der Waals surface area contributed by atoms with E-state index in [4.69, 9.17) is 18.9 Å². The van der Waals surface area contributed by atoms with E-state index in [9.17, 15) is 45.6 Å². The lowest BCUT2D eigenvalue weighted by atomic mass is 9.97. The van der Waals surface area contributed by atoms with Crippen LogP contribution in [0.5, 0.6) is 0 Å². The number of carbonyl (C=O) groups excluding carboxylic acids is 1. The Balaban J connectivity index is 1.75. The Kier molecular flexibility index (Phi) is 43.1. The van der Waals surface area contributed by atoms with Crippen molar-refractivity contribution in [1.82, 2.24) is 5.32 Å². The molecule has 12 unspecified atom stereocenters. The van der Waals surface area contributed by atoms with Crippen molar-refractivity contribution < 1.29 is 64.6 Å². The van der Waals surface area contributed by atoms with E-state index < -0.39 is 86.8 Å². The molecule has 2 rings (SSSR count). The molecule has 14 nitrogen and oxygen atoms in total. The Hall–Kier alpha value is -2.05. The molecule has 75 heavy (non-hydrogen) atoms. The third kappa shape index (κ3) is 32.6. The fraction of sp³-hybridized carbons (Fsp3) is 0.852. The highest BCUT2D eigenvalue weighted by molar-refractivity contribution is 5.76. The number of hydrogen-bond donors (Lipinski definition) is 9. The second kappa shape index (κ2) is 46.8. The third-order valence-electron chi connectivity index (χ3n) is 14.7. The maximum atomic E-state index is 13.2. The summed E-state index contributed by atoms with van der Waals surface area (Å²) in [6.07, 6.45) is 41.7. The molecule has 2 aliphatic heterocycles. The van der Waals surface area contributed by atoms with Crippen LogP contribution in [0.25, 0.3) is 0 Å². The number of amides is 1. The maximum absolute atomic E-state index is 13.2. The summed E-state index contributed by atoms with van der Waals surface area (Å²) in [7, 11) is 0. The van der Waals surface area contributed by atoms with Crippen LogP contribution in [0.3, 0.4) is 0 Å². The highest BCUT2D eigenvalue weighted by Crippen LogP contribution is 2.30. The molecule has 0 radical (unpaired) electrons. The summed E-state index contributed by atoms with van der Waals surface area (Å²) < 4.78 is 22.7. The lowest BCUT2D eigenvalue weighted by Crippen LogP contribution is -2.65. The molecule has 0 aliphatic carbocycles. The van der Waals surface area contributed by atoms with Gasteiger partial charge < -0.3 is 65.1 Å². The average molecular weight is 1070 g/mol. The van der Waals surface area contributed by atoms with Crippen molar-refractivity contribution in [2.24, 2.45) is 0 Å². The van der Waals surface area contributed by atoms with E-state index in [1.165, 1.54) is 141 Å². The van der Waals surface area contributed by atoms with Crippen LogP contribution in [-0.2, 0) is 23.7 Å². The number of carbonyl (C=O) groups is 1. The predicted molar refractivity (Wildman–Crippen MR) is 300 cm³/mol. The zero-order chi connectivity index (χ0) is 54.6. The molecule has 438 valence electrons. The minimum atomic E-state index is -1.79. The zero-order valence-corrected chi connectivity index (χ0v) is 47.0. The van der Waals surface area contributed by atoms with Gasteiger partial charge in [-0.1, -0.05) is 210 Å². The molecule has 0 bridgehead atoms. The highest BCUT2D eigenvalue weighted by Gasteiger charge is 2.51. The molecule has 0 aromatic heterocycles. The molecule has 14 heteroatoms. The van der Waals surface area contributed by atoms with Gasteiger partial charge in [-0.3, -0.25) is 4.79 Å². The molecule has 0 spiro atoms. The van der Waals surface area contributed by atoms with E-state index in [0.717, 1.165) is 64.2 Å². The number of ether oxygens (including phenoxy) is 4. The van der Waals surface area contributed by atoms with Gasteiger partial charge >= 0.3 is 0 Å². The predicted octanol–water partition coefficient (Wildman–Crippen LogP) is 10.4. The molecule has 0 aromatic carbocycles. The van der Waals surface area contributed by atoms with Crippen molar-refractivity contribution in [3.63, 3.8) is 0 Å². The number of allylic oxidation sites excluding steroid dienone is 7. The van der Waals surface area contributed by atoms with Crippen LogP contribution in [-0.4, -0.2) is 140 Å². The van der Waals surface area contributed by atoms with Crippen LogP contribution >= 0.6 is 0 Å². The van der Waals surface area contributed by atoms with E-state index in [-0.39, 0.29) is 18.9 Å². The number of nitrogens with one attached hydrogen (secondary N) is 1.